The van der Waals surface area contributed by atoms with Gasteiger partial charge in [-0.1, -0.05) is 44.2 Å². The molecule has 100 valence electrons. The predicted octanol–water partition coefficient (Wildman–Crippen LogP) is 3.12. The maximum absolute atomic E-state index is 3.87. The maximum Gasteiger partial charge on any atom is 0.0345 e. The molecule has 0 bridgehead atoms. The Bertz CT molecular complexity index is 326. The summed E-state index contributed by atoms with van der Waals surface area (Å²) >= 11 is 0. The third-order valence-corrected chi connectivity index (χ3v) is 3.82. The summed E-state index contributed by atoms with van der Waals surface area (Å²) in [5, 5.41) is 7.35. The van der Waals surface area contributed by atoms with Crippen LogP contribution in [-0.4, -0.2) is 19.1 Å². The van der Waals surface area contributed by atoms with Crippen molar-refractivity contribution in [2.75, 3.05) is 13.1 Å². The van der Waals surface area contributed by atoms with Crippen LogP contribution in [0.2, 0.25) is 0 Å². The molecule has 0 aromatic heterocycles. The molecule has 2 rings (SSSR count). The van der Waals surface area contributed by atoms with E-state index in [4.69, 9.17) is 0 Å². The van der Waals surface area contributed by atoms with Gasteiger partial charge in [0.1, 0.15) is 0 Å². The lowest BCUT2D eigenvalue weighted by Gasteiger charge is -2.28. The van der Waals surface area contributed by atoms with Crippen LogP contribution in [0.1, 0.15) is 44.7 Å². The number of hydrogen-bond donors (Lipinski definition) is 2. The molecule has 1 aromatic carbocycles. The standard InChI is InChI=1S/C16H26N2/c1-13(2)16(14-7-4-3-5-8-14)18-15-9-6-11-17-12-10-15/h3-5,7-8,13,15-18H,6,9-12H2,1-2H3. The van der Waals surface area contributed by atoms with Crippen molar-refractivity contribution in [2.45, 2.75) is 45.2 Å². The number of benzene rings is 1. The van der Waals surface area contributed by atoms with Gasteiger partial charge < -0.3 is 10.6 Å². The molecule has 1 aliphatic heterocycles. The van der Waals surface area contributed by atoms with Gasteiger partial charge in [0.15, 0.2) is 0 Å². The molecule has 2 nitrogen and oxygen atoms in total. The molecule has 0 spiro atoms. The van der Waals surface area contributed by atoms with Crippen molar-refractivity contribution >= 4 is 0 Å². The lowest BCUT2D eigenvalue weighted by molar-refractivity contribution is 0.341. The maximum atomic E-state index is 3.87. The first-order chi connectivity index (χ1) is 8.77. The highest BCUT2D eigenvalue weighted by atomic mass is 15.0. The van der Waals surface area contributed by atoms with Gasteiger partial charge in [-0.05, 0) is 43.8 Å². The van der Waals surface area contributed by atoms with Crippen molar-refractivity contribution in [1.29, 1.82) is 0 Å². The second kappa shape index (κ2) is 6.91. The van der Waals surface area contributed by atoms with E-state index in [2.05, 4.69) is 54.8 Å². The first-order valence-corrected chi connectivity index (χ1v) is 7.29. The zero-order valence-corrected chi connectivity index (χ0v) is 11.7. The van der Waals surface area contributed by atoms with E-state index >= 15 is 0 Å². The third kappa shape index (κ3) is 3.82. The summed E-state index contributed by atoms with van der Waals surface area (Å²) in [6, 6.07) is 12.0. The zero-order valence-electron chi connectivity index (χ0n) is 11.7. The summed E-state index contributed by atoms with van der Waals surface area (Å²) in [5.74, 6) is 0.628. The molecular weight excluding hydrogens is 220 g/mol. The Hall–Kier alpha value is -0.860. The third-order valence-electron chi connectivity index (χ3n) is 3.82. The van der Waals surface area contributed by atoms with Crippen LogP contribution >= 0.6 is 0 Å². The van der Waals surface area contributed by atoms with Crippen LogP contribution < -0.4 is 10.6 Å². The van der Waals surface area contributed by atoms with Crippen LogP contribution in [0, 0.1) is 5.92 Å². The smallest absolute Gasteiger partial charge is 0.0345 e. The minimum Gasteiger partial charge on any atom is -0.317 e. The molecule has 18 heavy (non-hydrogen) atoms. The number of rotatable bonds is 4. The molecule has 0 aliphatic carbocycles. The molecule has 1 aromatic rings. The monoisotopic (exact) mass is 246 g/mol. The summed E-state index contributed by atoms with van der Waals surface area (Å²) in [6.45, 7) is 6.94. The second-order valence-electron chi connectivity index (χ2n) is 5.68. The average molecular weight is 246 g/mol. The summed E-state index contributed by atoms with van der Waals surface area (Å²) in [4.78, 5) is 0. The van der Waals surface area contributed by atoms with Gasteiger partial charge in [-0.3, -0.25) is 0 Å². The van der Waals surface area contributed by atoms with Crippen LogP contribution in [0.4, 0.5) is 0 Å². The Morgan fingerprint density at radius 1 is 1.11 bits per heavy atom. The molecule has 2 unspecified atom stereocenters. The minimum absolute atomic E-state index is 0.481. The Morgan fingerprint density at radius 2 is 1.89 bits per heavy atom. The van der Waals surface area contributed by atoms with Crippen molar-refractivity contribution in [3.05, 3.63) is 35.9 Å². The van der Waals surface area contributed by atoms with E-state index in [9.17, 15) is 0 Å². The van der Waals surface area contributed by atoms with E-state index in [1.165, 1.54) is 31.4 Å². The summed E-state index contributed by atoms with van der Waals surface area (Å²) in [7, 11) is 0. The van der Waals surface area contributed by atoms with Crippen molar-refractivity contribution in [3.63, 3.8) is 0 Å². The molecule has 1 fully saturated rings. The Balaban J connectivity index is 2.02. The molecule has 2 atom stereocenters. The predicted molar refractivity (Wildman–Crippen MR) is 77.7 cm³/mol. The molecule has 0 saturated carbocycles. The van der Waals surface area contributed by atoms with E-state index in [0.29, 0.717) is 18.0 Å². The van der Waals surface area contributed by atoms with Gasteiger partial charge in [0.25, 0.3) is 0 Å². The first kappa shape index (κ1) is 13.6. The Morgan fingerprint density at radius 3 is 2.61 bits per heavy atom. The normalized spacial score (nSPS) is 22.7. The Labute approximate surface area is 111 Å². The van der Waals surface area contributed by atoms with Crippen LogP contribution in [0.5, 0.6) is 0 Å². The van der Waals surface area contributed by atoms with Gasteiger partial charge in [-0.15, -0.1) is 0 Å². The lowest BCUT2D eigenvalue weighted by Crippen LogP contribution is -2.36. The molecule has 0 radical (unpaired) electrons. The fourth-order valence-corrected chi connectivity index (χ4v) is 2.77. The van der Waals surface area contributed by atoms with Crippen LogP contribution in [-0.2, 0) is 0 Å². The summed E-state index contributed by atoms with van der Waals surface area (Å²) in [5.41, 5.74) is 1.42. The first-order valence-electron chi connectivity index (χ1n) is 7.29. The largest absolute Gasteiger partial charge is 0.317 e. The van der Waals surface area contributed by atoms with Gasteiger partial charge in [0.2, 0.25) is 0 Å². The topological polar surface area (TPSA) is 24.1 Å². The highest BCUT2D eigenvalue weighted by Crippen LogP contribution is 2.23. The molecule has 1 saturated heterocycles. The molecular formula is C16H26N2. The van der Waals surface area contributed by atoms with E-state index in [0.717, 1.165) is 6.54 Å². The SMILES string of the molecule is CC(C)C(NC1CCCNCC1)c1ccccc1. The second-order valence-corrected chi connectivity index (χ2v) is 5.68. The molecule has 1 heterocycles. The summed E-state index contributed by atoms with van der Waals surface area (Å²) in [6.07, 6.45) is 3.83. The van der Waals surface area contributed by atoms with Crippen molar-refractivity contribution < 1.29 is 0 Å². The molecule has 0 amide bonds. The number of nitrogens with one attached hydrogen (secondary N) is 2. The van der Waals surface area contributed by atoms with Crippen molar-refractivity contribution in [3.8, 4) is 0 Å². The van der Waals surface area contributed by atoms with Gasteiger partial charge >= 0.3 is 0 Å². The average Bonchev–Trinajstić information content (AvgIpc) is 2.65. The fraction of sp³-hybridized carbons (Fsp3) is 0.625. The van der Waals surface area contributed by atoms with E-state index in [-0.39, 0.29) is 0 Å². The minimum atomic E-state index is 0.481. The molecule has 2 N–H and O–H groups in total. The van der Waals surface area contributed by atoms with E-state index in [1.54, 1.807) is 0 Å². The van der Waals surface area contributed by atoms with E-state index < -0.39 is 0 Å². The van der Waals surface area contributed by atoms with Gasteiger partial charge in [-0.25, -0.2) is 0 Å². The van der Waals surface area contributed by atoms with Crippen LogP contribution in [0.25, 0.3) is 0 Å². The highest BCUT2D eigenvalue weighted by Gasteiger charge is 2.20. The van der Waals surface area contributed by atoms with Crippen molar-refractivity contribution in [1.82, 2.24) is 10.6 Å². The van der Waals surface area contributed by atoms with Crippen LogP contribution in [0.15, 0.2) is 30.3 Å². The molecule has 1 aliphatic rings. The fourth-order valence-electron chi connectivity index (χ4n) is 2.77. The highest BCUT2D eigenvalue weighted by molar-refractivity contribution is 5.19. The molecule has 2 heteroatoms. The van der Waals surface area contributed by atoms with Crippen LogP contribution in [0.3, 0.4) is 0 Å². The zero-order chi connectivity index (χ0) is 12.8. The van der Waals surface area contributed by atoms with Crippen molar-refractivity contribution in [2.24, 2.45) is 5.92 Å². The van der Waals surface area contributed by atoms with Gasteiger partial charge in [0, 0.05) is 12.1 Å². The quantitative estimate of drug-likeness (QED) is 0.853. The lowest BCUT2D eigenvalue weighted by atomic mass is 9.94. The van der Waals surface area contributed by atoms with Gasteiger partial charge in [-0.2, -0.15) is 0 Å². The summed E-state index contributed by atoms with van der Waals surface area (Å²) < 4.78 is 0. The van der Waals surface area contributed by atoms with Gasteiger partial charge in [0.05, 0.1) is 0 Å². The Kier molecular flexibility index (Phi) is 5.21. The number of hydrogen-bond acceptors (Lipinski definition) is 2. The van der Waals surface area contributed by atoms with E-state index in [1.807, 2.05) is 0 Å².